The lowest BCUT2D eigenvalue weighted by Crippen LogP contribution is -2.42. The van der Waals surface area contributed by atoms with Crippen LogP contribution in [0.25, 0.3) is 6.08 Å². The number of methoxy groups -OCH3 is 2. The molecule has 2 aromatic rings. The van der Waals surface area contributed by atoms with E-state index in [9.17, 15) is 24.5 Å². The van der Waals surface area contributed by atoms with Crippen LogP contribution in [0.2, 0.25) is 0 Å². The molecule has 1 fully saturated rings. The third-order valence-electron chi connectivity index (χ3n) is 4.83. The van der Waals surface area contributed by atoms with Gasteiger partial charge in [0.1, 0.15) is 12.6 Å². The number of thioether (sulfide) groups is 1. The highest BCUT2D eigenvalue weighted by atomic mass is 127. The van der Waals surface area contributed by atoms with Gasteiger partial charge in [-0.3, -0.25) is 24.6 Å². The highest BCUT2D eigenvalue weighted by Crippen LogP contribution is 2.38. The van der Waals surface area contributed by atoms with Gasteiger partial charge in [-0.1, -0.05) is 0 Å². The first-order chi connectivity index (χ1) is 16.2. The Kier molecular flexibility index (Phi) is 8.15. The summed E-state index contributed by atoms with van der Waals surface area (Å²) in [5.41, 5.74) is 1.33. The third-order valence-corrected chi connectivity index (χ3v) is 6.52. The van der Waals surface area contributed by atoms with Crippen molar-refractivity contribution < 1.29 is 33.5 Å². The lowest BCUT2D eigenvalue weighted by Gasteiger charge is -2.18. The maximum Gasteiger partial charge on any atom is 0.328 e. The summed E-state index contributed by atoms with van der Waals surface area (Å²) in [6.45, 7) is 1.59. The van der Waals surface area contributed by atoms with Crippen molar-refractivity contribution in [2.45, 2.75) is 19.6 Å². The summed E-state index contributed by atoms with van der Waals surface area (Å²) in [5.74, 6) is -0.400. The van der Waals surface area contributed by atoms with Crippen molar-refractivity contribution in [2.24, 2.45) is 0 Å². The fraction of sp³-hybridized carbons (Fsp3) is 0.227. The first kappa shape index (κ1) is 25.5. The fourth-order valence-corrected chi connectivity index (χ4v) is 4.76. The van der Waals surface area contributed by atoms with E-state index in [1.165, 1.54) is 33.3 Å². The number of non-ortho nitro benzene ring substituents is 1. The van der Waals surface area contributed by atoms with Crippen LogP contribution in [0, 0.1) is 13.7 Å². The van der Waals surface area contributed by atoms with E-state index in [2.05, 4.69) is 27.3 Å². The summed E-state index contributed by atoms with van der Waals surface area (Å²) in [7, 11) is 2.66. The maximum atomic E-state index is 12.7. The van der Waals surface area contributed by atoms with Gasteiger partial charge in [-0.2, -0.15) is 0 Å². The van der Waals surface area contributed by atoms with Gasteiger partial charge in [-0.15, -0.1) is 0 Å². The summed E-state index contributed by atoms with van der Waals surface area (Å²) in [6.07, 6.45) is 1.54. The SMILES string of the molecule is COC(=O)[C@H](C)N1C(=O)S/C(=C/c2cc(I)c(OCc3ccc([N+](=O)[O-])cc3)c(OC)c2)C1=O. The Morgan fingerprint density at radius 2 is 1.91 bits per heavy atom. The van der Waals surface area contributed by atoms with E-state index in [-0.39, 0.29) is 17.2 Å². The number of nitro groups is 1. The van der Waals surface area contributed by atoms with Gasteiger partial charge in [-0.25, -0.2) is 4.79 Å². The topological polar surface area (TPSA) is 125 Å². The molecule has 0 aliphatic carbocycles. The molecule has 0 N–H and O–H groups in total. The van der Waals surface area contributed by atoms with Crippen molar-refractivity contribution >= 4 is 63.2 Å². The lowest BCUT2D eigenvalue weighted by molar-refractivity contribution is -0.384. The molecule has 2 amide bonds. The molecular formula is C22H19IN2O8S. The summed E-state index contributed by atoms with van der Waals surface area (Å²) >= 11 is 2.80. The van der Waals surface area contributed by atoms with Gasteiger partial charge >= 0.3 is 5.97 Å². The van der Waals surface area contributed by atoms with Crippen molar-refractivity contribution in [3.05, 3.63) is 66.1 Å². The van der Waals surface area contributed by atoms with Gasteiger partial charge in [0.05, 0.1) is 27.6 Å². The molecule has 0 radical (unpaired) electrons. The maximum absolute atomic E-state index is 12.7. The smallest absolute Gasteiger partial charge is 0.328 e. The molecule has 0 aromatic heterocycles. The van der Waals surface area contributed by atoms with Crippen molar-refractivity contribution in [1.29, 1.82) is 0 Å². The second-order valence-corrected chi connectivity index (χ2v) is 9.15. The first-order valence-corrected chi connectivity index (χ1v) is 11.6. The number of rotatable bonds is 8. The average Bonchev–Trinajstić information content (AvgIpc) is 3.09. The monoisotopic (exact) mass is 598 g/mol. The summed E-state index contributed by atoms with van der Waals surface area (Å²) in [6, 6.07) is 8.40. The van der Waals surface area contributed by atoms with Crippen LogP contribution in [0.3, 0.4) is 0 Å². The predicted molar refractivity (Wildman–Crippen MR) is 132 cm³/mol. The number of imide groups is 1. The van der Waals surface area contributed by atoms with E-state index in [1.54, 1.807) is 30.3 Å². The van der Waals surface area contributed by atoms with Gasteiger partial charge in [0, 0.05) is 12.1 Å². The average molecular weight is 598 g/mol. The Morgan fingerprint density at radius 1 is 1.24 bits per heavy atom. The van der Waals surface area contributed by atoms with Crippen LogP contribution in [0.5, 0.6) is 11.5 Å². The third kappa shape index (κ3) is 5.50. The highest BCUT2D eigenvalue weighted by Gasteiger charge is 2.41. The van der Waals surface area contributed by atoms with E-state index in [1.807, 2.05) is 0 Å². The lowest BCUT2D eigenvalue weighted by atomic mass is 10.1. The van der Waals surface area contributed by atoms with Crippen molar-refractivity contribution in [3.63, 3.8) is 0 Å². The van der Waals surface area contributed by atoms with Gasteiger partial charge in [0.15, 0.2) is 11.5 Å². The summed E-state index contributed by atoms with van der Waals surface area (Å²) in [4.78, 5) is 48.2. The molecule has 34 heavy (non-hydrogen) atoms. The van der Waals surface area contributed by atoms with Gasteiger partial charge in [-0.05, 0) is 82.7 Å². The predicted octanol–water partition coefficient (Wildman–Crippen LogP) is 4.38. The Labute approximate surface area is 212 Å². The number of nitrogens with zero attached hydrogens (tertiary/aromatic N) is 2. The molecule has 10 nitrogen and oxygen atoms in total. The van der Waals surface area contributed by atoms with Crippen molar-refractivity contribution in [2.75, 3.05) is 14.2 Å². The van der Waals surface area contributed by atoms with Gasteiger partial charge < -0.3 is 14.2 Å². The fourth-order valence-electron chi connectivity index (χ4n) is 3.07. The Morgan fingerprint density at radius 3 is 2.50 bits per heavy atom. The van der Waals surface area contributed by atoms with Crippen molar-refractivity contribution in [1.82, 2.24) is 4.90 Å². The van der Waals surface area contributed by atoms with Crippen LogP contribution >= 0.6 is 34.4 Å². The number of esters is 1. The number of carbonyl (C=O) groups excluding carboxylic acids is 3. The molecule has 1 aliphatic rings. The largest absolute Gasteiger partial charge is 0.493 e. The summed E-state index contributed by atoms with van der Waals surface area (Å²) in [5, 5.41) is 10.2. The van der Waals surface area contributed by atoms with Crippen LogP contribution in [0.4, 0.5) is 10.5 Å². The number of hydrogen-bond acceptors (Lipinski definition) is 9. The Bertz CT molecular complexity index is 1180. The molecule has 1 heterocycles. The number of benzene rings is 2. The minimum absolute atomic E-state index is 0.00865. The minimum atomic E-state index is -1.03. The molecule has 0 bridgehead atoms. The van der Waals surface area contributed by atoms with Crippen LogP contribution in [0.1, 0.15) is 18.1 Å². The summed E-state index contributed by atoms with van der Waals surface area (Å²) < 4.78 is 16.6. The zero-order valence-electron chi connectivity index (χ0n) is 18.3. The van der Waals surface area contributed by atoms with Crippen LogP contribution in [-0.4, -0.2) is 47.2 Å². The first-order valence-electron chi connectivity index (χ1n) is 9.74. The minimum Gasteiger partial charge on any atom is -0.493 e. The van der Waals surface area contributed by atoms with Crippen molar-refractivity contribution in [3.8, 4) is 11.5 Å². The molecule has 178 valence electrons. The second-order valence-electron chi connectivity index (χ2n) is 7.00. The molecule has 1 saturated heterocycles. The molecule has 1 atom stereocenters. The Hall–Kier alpha value is -3.13. The number of carbonyl (C=O) groups is 3. The number of amides is 2. The van der Waals surface area contributed by atoms with E-state index in [0.717, 1.165) is 22.2 Å². The molecule has 1 aliphatic heterocycles. The molecule has 0 spiro atoms. The molecule has 0 saturated carbocycles. The molecule has 3 rings (SSSR count). The van der Waals surface area contributed by atoms with E-state index in [0.29, 0.717) is 20.6 Å². The second kappa shape index (κ2) is 10.9. The Balaban J connectivity index is 1.81. The zero-order valence-corrected chi connectivity index (χ0v) is 21.2. The van der Waals surface area contributed by atoms with Crippen LogP contribution in [-0.2, 0) is 20.9 Å². The van der Waals surface area contributed by atoms with Gasteiger partial charge in [0.2, 0.25) is 0 Å². The normalized spacial score (nSPS) is 15.4. The number of ether oxygens (including phenoxy) is 3. The standard InChI is InChI=1S/C22H19IN2O8S/c1-12(21(27)32-3)24-20(26)18(34-22(24)28)10-14-8-16(23)19(17(9-14)31-2)33-11-13-4-6-15(7-5-13)25(29)30/h4-10,12H,11H2,1-3H3/b18-10+/t12-/m0/s1. The van der Waals surface area contributed by atoms with Crippen LogP contribution in [0.15, 0.2) is 41.3 Å². The quantitative estimate of drug-likeness (QED) is 0.143. The van der Waals surface area contributed by atoms with E-state index < -0.39 is 28.1 Å². The number of nitro benzene ring substituents is 1. The molecule has 12 heteroatoms. The molecule has 0 unspecified atom stereocenters. The van der Waals surface area contributed by atoms with E-state index in [4.69, 9.17) is 9.47 Å². The number of hydrogen-bond donors (Lipinski definition) is 0. The number of halogens is 1. The van der Waals surface area contributed by atoms with E-state index >= 15 is 0 Å². The molecule has 2 aromatic carbocycles. The van der Waals surface area contributed by atoms with Gasteiger partial charge in [0.25, 0.3) is 16.8 Å². The molecular weight excluding hydrogens is 579 g/mol. The zero-order chi connectivity index (χ0) is 25.0. The van der Waals surface area contributed by atoms with Crippen LogP contribution < -0.4 is 9.47 Å². The highest BCUT2D eigenvalue weighted by molar-refractivity contribution is 14.1.